The van der Waals surface area contributed by atoms with E-state index in [1.165, 1.54) is 11.1 Å². The van der Waals surface area contributed by atoms with Crippen LogP contribution in [-0.4, -0.2) is 10.8 Å². The van der Waals surface area contributed by atoms with Crippen LogP contribution in [0.1, 0.15) is 24.0 Å². The minimum absolute atomic E-state index is 0.0662. The van der Waals surface area contributed by atoms with Gasteiger partial charge in [0.15, 0.2) is 0 Å². The van der Waals surface area contributed by atoms with E-state index in [2.05, 4.69) is 23.2 Å². The highest BCUT2D eigenvalue weighted by Gasteiger charge is 2.26. The summed E-state index contributed by atoms with van der Waals surface area (Å²) in [5, 5.41) is 0. The molecule has 0 N–H and O–H groups in total. The number of Topliss-reactive ketones (excluding diaryl/α,β-unsaturated/α-hetero) is 1. The highest BCUT2D eigenvalue weighted by Crippen LogP contribution is 2.32. The van der Waals surface area contributed by atoms with Crippen molar-refractivity contribution < 1.29 is 4.79 Å². The number of nitrogens with zero attached hydrogens (tertiary/aromatic N) is 1. The Kier molecular flexibility index (Phi) is 2.29. The first-order chi connectivity index (χ1) is 8.25. The van der Waals surface area contributed by atoms with Crippen molar-refractivity contribution in [3.05, 3.63) is 53.9 Å². The van der Waals surface area contributed by atoms with E-state index < -0.39 is 0 Å². The molecule has 1 aromatic heterocycles. The Morgan fingerprint density at radius 2 is 1.88 bits per heavy atom. The summed E-state index contributed by atoms with van der Waals surface area (Å²) >= 11 is 0. The molecule has 1 aliphatic rings. The van der Waals surface area contributed by atoms with Crippen LogP contribution in [0.5, 0.6) is 0 Å². The van der Waals surface area contributed by atoms with Gasteiger partial charge in [0.1, 0.15) is 5.78 Å². The molecule has 0 aliphatic heterocycles. The molecule has 2 aromatic rings. The van der Waals surface area contributed by atoms with Crippen LogP contribution in [0, 0.1) is 0 Å². The molecule has 2 nitrogen and oxygen atoms in total. The average Bonchev–Trinajstić information content (AvgIpc) is 2.66. The number of aromatic nitrogens is 1. The summed E-state index contributed by atoms with van der Waals surface area (Å²) in [4.78, 5) is 15.7. The van der Waals surface area contributed by atoms with E-state index in [0.29, 0.717) is 12.2 Å². The standard InChI is InChI=1S/C15H13NO/c1-10-14-3-2-12(8-13(14)9-15(10)17)11-4-6-16-7-5-11/h2-8,10H,9H2,1H3. The van der Waals surface area contributed by atoms with Gasteiger partial charge in [-0.15, -0.1) is 0 Å². The second-order valence-electron chi connectivity index (χ2n) is 4.51. The lowest BCUT2D eigenvalue weighted by Gasteiger charge is -2.06. The Morgan fingerprint density at radius 3 is 2.65 bits per heavy atom. The maximum absolute atomic E-state index is 11.7. The fraction of sp³-hybridized carbons (Fsp3) is 0.200. The molecule has 0 saturated heterocycles. The molecule has 1 aliphatic carbocycles. The SMILES string of the molecule is CC1C(=O)Cc2cc(-c3ccncc3)ccc21. The Bertz CT molecular complexity index is 575. The predicted octanol–water partition coefficient (Wildman–Crippen LogP) is 2.98. The quantitative estimate of drug-likeness (QED) is 0.744. The van der Waals surface area contributed by atoms with E-state index >= 15 is 0 Å². The minimum atomic E-state index is 0.0662. The zero-order valence-electron chi connectivity index (χ0n) is 9.68. The van der Waals surface area contributed by atoms with Crippen molar-refractivity contribution in [3.63, 3.8) is 0 Å². The number of ketones is 1. The van der Waals surface area contributed by atoms with Gasteiger partial charge in [0.2, 0.25) is 0 Å². The first kappa shape index (κ1) is 10.2. The van der Waals surface area contributed by atoms with Crippen LogP contribution in [0.25, 0.3) is 11.1 Å². The van der Waals surface area contributed by atoms with Crippen LogP contribution in [-0.2, 0) is 11.2 Å². The molecule has 1 aromatic carbocycles. The van der Waals surface area contributed by atoms with E-state index in [9.17, 15) is 4.79 Å². The Morgan fingerprint density at radius 1 is 1.12 bits per heavy atom. The lowest BCUT2D eigenvalue weighted by atomic mass is 9.98. The van der Waals surface area contributed by atoms with Gasteiger partial charge in [0, 0.05) is 24.7 Å². The van der Waals surface area contributed by atoms with Gasteiger partial charge in [0.25, 0.3) is 0 Å². The van der Waals surface area contributed by atoms with Crippen molar-refractivity contribution in [1.29, 1.82) is 0 Å². The van der Waals surface area contributed by atoms with Gasteiger partial charge in [0.05, 0.1) is 0 Å². The van der Waals surface area contributed by atoms with Gasteiger partial charge in [-0.2, -0.15) is 0 Å². The van der Waals surface area contributed by atoms with Crippen molar-refractivity contribution >= 4 is 5.78 Å². The third-order valence-corrected chi connectivity index (χ3v) is 3.47. The number of pyridine rings is 1. The fourth-order valence-electron chi connectivity index (χ4n) is 2.42. The minimum Gasteiger partial charge on any atom is -0.299 e. The largest absolute Gasteiger partial charge is 0.299 e. The molecule has 0 spiro atoms. The molecular formula is C15H13NO. The monoisotopic (exact) mass is 223 g/mol. The highest BCUT2D eigenvalue weighted by atomic mass is 16.1. The molecule has 0 fully saturated rings. The van der Waals surface area contributed by atoms with Crippen molar-refractivity contribution in [2.45, 2.75) is 19.3 Å². The molecular weight excluding hydrogens is 210 g/mol. The molecule has 0 amide bonds. The first-order valence-corrected chi connectivity index (χ1v) is 5.81. The Labute approximate surface area is 100 Å². The number of hydrogen-bond donors (Lipinski definition) is 0. The van der Waals surface area contributed by atoms with Crippen molar-refractivity contribution in [2.75, 3.05) is 0 Å². The summed E-state index contributed by atoms with van der Waals surface area (Å²) in [7, 11) is 0. The lowest BCUT2D eigenvalue weighted by Crippen LogP contribution is -2.00. The molecule has 2 heteroatoms. The molecule has 1 atom stereocenters. The van der Waals surface area contributed by atoms with Crippen LogP contribution in [0.4, 0.5) is 0 Å². The third-order valence-electron chi connectivity index (χ3n) is 3.47. The molecule has 3 rings (SSSR count). The van der Waals surface area contributed by atoms with E-state index in [1.54, 1.807) is 12.4 Å². The second kappa shape index (κ2) is 3.81. The summed E-state index contributed by atoms with van der Waals surface area (Å²) in [6, 6.07) is 10.3. The van der Waals surface area contributed by atoms with Crippen molar-refractivity contribution in [3.8, 4) is 11.1 Å². The second-order valence-corrected chi connectivity index (χ2v) is 4.51. The Balaban J connectivity index is 2.07. The van der Waals surface area contributed by atoms with Gasteiger partial charge in [-0.1, -0.05) is 25.1 Å². The maximum atomic E-state index is 11.7. The zero-order valence-corrected chi connectivity index (χ0v) is 9.68. The lowest BCUT2D eigenvalue weighted by molar-refractivity contribution is -0.118. The summed E-state index contributed by atoms with van der Waals surface area (Å²) in [6.45, 7) is 1.99. The van der Waals surface area contributed by atoms with Crippen molar-refractivity contribution in [2.24, 2.45) is 0 Å². The predicted molar refractivity (Wildman–Crippen MR) is 66.8 cm³/mol. The molecule has 0 bridgehead atoms. The van der Waals surface area contributed by atoms with Crippen LogP contribution in [0.15, 0.2) is 42.7 Å². The number of carbonyl (C=O) groups is 1. The van der Waals surface area contributed by atoms with E-state index in [4.69, 9.17) is 0 Å². The number of carbonyl (C=O) groups excluding carboxylic acids is 1. The smallest absolute Gasteiger partial charge is 0.144 e. The van der Waals surface area contributed by atoms with Gasteiger partial charge >= 0.3 is 0 Å². The normalized spacial score (nSPS) is 18.2. The van der Waals surface area contributed by atoms with Crippen LogP contribution in [0.3, 0.4) is 0 Å². The highest BCUT2D eigenvalue weighted by molar-refractivity contribution is 5.92. The van der Waals surface area contributed by atoms with Gasteiger partial charge in [-0.05, 0) is 34.4 Å². The molecule has 84 valence electrons. The summed E-state index contributed by atoms with van der Waals surface area (Å²) in [5.41, 5.74) is 4.67. The molecule has 0 radical (unpaired) electrons. The first-order valence-electron chi connectivity index (χ1n) is 5.81. The molecule has 17 heavy (non-hydrogen) atoms. The van der Waals surface area contributed by atoms with Crippen LogP contribution < -0.4 is 0 Å². The average molecular weight is 223 g/mol. The Hall–Kier alpha value is -1.96. The van der Waals surface area contributed by atoms with E-state index in [1.807, 2.05) is 19.1 Å². The summed E-state index contributed by atoms with van der Waals surface area (Å²) < 4.78 is 0. The summed E-state index contributed by atoms with van der Waals surface area (Å²) in [6.07, 6.45) is 4.15. The molecule has 1 heterocycles. The number of hydrogen-bond acceptors (Lipinski definition) is 2. The number of fused-ring (bicyclic) bond motifs is 1. The van der Waals surface area contributed by atoms with Crippen LogP contribution >= 0.6 is 0 Å². The van der Waals surface area contributed by atoms with E-state index in [-0.39, 0.29) is 5.92 Å². The van der Waals surface area contributed by atoms with Crippen molar-refractivity contribution in [1.82, 2.24) is 4.98 Å². The molecule has 1 unspecified atom stereocenters. The summed E-state index contributed by atoms with van der Waals surface area (Å²) in [5.74, 6) is 0.392. The fourth-order valence-corrected chi connectivity index (χ4v) is 2.42. The number of benzene rings is 1. The van der Waals surface area contributed by atoms with Gasteiger partial charge in [-0.25, -0.2) is 0 Å². The van der Waals surface area contributed by atoms with E-state index in [0.717, 1.165) is 11.1 Å². The third kappa shape index (κ3) is 1.66. The maximum Gasteiger partial charge on any atom is 0.144 e. The van der Waals surface area contributed by atoms with Crippen LogP contribution in [0.2, 0.25) is 0 Å². The number of rotatable bonds is 1. The van der Waals surface area contributed by atoms with Gasteiger partial charge < -0.3 is 0 Å². The topological polar surface area (TPSA) is 30.0 Å². The molecule has 0 saturated carbocycles. The van der Waals surface area contributed by atoms with Gasteiger partial charge in [-0.3, -0.25) is 9.78 Å². The zero-order chi connectivity index (χ0) is 11.8.